The number of nitrogens with one attached hydrogen (secondary N) is 1. The highest BCUT2D eigenvalue weighted by molar-refractivity contribution is 5.90. The zero-order valence-electron chi connectivity index (χ0n) is 9.42. The molecule has 0 heterocycles. The van der Waals surface area contributed by atoms with Crippen LogP contribution in [0.5, 0.6) is 0 Å². The van der Waals surface area contributed by atoms with Gasteiger partial charge in [-0.2, -0.15) is 0 Å². The van der Waals surface area contributed by atoms with Crippen LogP contribution in [0.4, 0.5) is 4.39 Å². The van der Waals surface area contributed by atoms with Crippen LogP contribution in [-0.4, -0.2) is 12.8 Å². The van der Waals surface area contributed by atoms with E-state index in [0.29, 0.717) is 18.4 Å². The molecule has 0 amide bonds. The summed E-state index contributed by atoms with van der Waals surface area (Å²) in [5, 5.41) is 3.03. The second-order valence-corrected chi connectivity index (χ2v) is 4.27. The maximum absolute atomic E-state index is 13.8. The number of rotatable bonds is 2. The molecule has 2 rings (SSSR count). The Kier molecular flexibility index (Phi) is 3.06. The van der Waals surface area contributed by atoms with Crippen LogP contribution in [0.3, 0.4) is 0 Å². The molecule has 1 saturated carbocycles. The molecule has 1 unspecified atom stereocenters. The van der Waals surface area contributed by atoms with Crippen molar-refractivity contribution >= 4 is 5.78 Å². The van der Waals surface area contributed by atoms with Crippen molar-refractivity contribution in [2.75, 3.05) is 7.05 Å². The third-order valence-electron chi connectivity index (χ3n) is 3.44. The quantitative estimate of drug-likeness (QED) is 0.830. The number of likely N-dealkylation sites (N-methyl/N-ethyl adjacent to an activating group) is 1. The number of carbonyl (C=O) groups is 1. The Bertz CT molecular complexity index is 405. The molecule has 1 fully saturated rings. The van der Waals surface area contributed by atoms with Crippen LogP contribution in [0.2, 0.25) is 0 Å². The SMILES string of the molecule is CNC1(c2ccccc2F)CCCCC1=O. The van der Waals surface area contributed by atoms with E-state index in [1.807, 2.05) is 0 Å². The Balaban J connectivity index is 2.48. The lowest BCUT2D eigenvalue weighted by Crippen LogP contribution is -2.49. The summed E-state index contributed by atoms with van der Waals surface area (Å²) in [6.07, 6.45) is 3.09. The average molecular weight is 221 g/mol. The fourth-order valence-corrected chi connectivity index (χ4v) is 2.52. The van der Waals surface area contributed by atoms with Gasteiger partial charge in [0.05, 0.1) is 0 Å². The van der Waals surface area contributed by atoms with Gasteiger partial charge >= 0.3 is 0 Å². The highest BCUT2D eigenvalue weighted by atomic mass is 19.1. The molecule has 0 spiro atoms. The summed E-state index contributed by atoms with van der Waals surface area (Å²) in [6, 6.07) is 6.54. The van der Waals surface area contributed by atoms with Crippen molar-refractivity contribution in [2.24, 2.45) is 0 Å². The molecule has 1 aliphatic carbocycles. The number of carbonyl (C=O) groups excluding carboxylic acids is 1. The van der Waals surface area contributed by atoms with E-state index in [1.165, 1.54) is 6.07 Å². The van der Waals surface area contributed by atoms with Gasteiger partial charge < -0.3 is 5.32 Å². The van der Waals surface area contributed by atoms with Crippen molar-refractivity contribution in [1.29, 1.82) is 0 Å². The van der Waals surface area contributed by atoms with Crippen molar-refractivity contribution in [1.82, 2.24) is 5.32 Å². The summed E-state index contributed by atoms with van der Waals surface area (Å²) in [4.78, 5) is 12.1. The number of benzene rings is 1. The summed E-state index contributed by atoms with van der Waals surface area (Å²) in [5.41, 5.74) is -0.314. The fraction of sp³-hybridized carbons (Fsp3) is 0.462. The lowest BCUT2D eigenvalue weighted by molar-refractivity contribution is -0.127. The van der Waals surface area contributed by atoms with Crippen molar-refractivity contribution in [3.05, 3.63) is 35.6 Å². The summed E-state index contributed by atoms with van der Waals surface area (Å²) >= 11 is 0. The molecule has 0 saturated heterocycles. The van der Waals surface area contributed by atoms with Crippen LogP contribution in [0.15, 0.2) is 24.3 Å². The van der Waals surface area contributed by atoms with Crippen LogP contribution >= 0.6 is 0 Å². The highest BCUT2D eigenvalue weighted by Gasteiger charge is 2.41. The fourth-order valence-electron chi connectivity index (χ4n) is 2.52. The summed E-state index contributed by atoms with van der Waals surface area (Å²) < 4.78 is 13.8. The van der Waals surface area contributed by atoms with E-state index in [2.05, 4.69) is 5.32 Å². The number of Topliss-reactive ketones (excluding diaryl/α,β-unsaturated/α-hetero) is 1. The van der Waals surface area contributed by atoms with Gasteiger partial charge in [-0.3, -0.25) is 4.79 Å². The van der Waals surface area contributed by atoms with Crippen molar-refractivity contribution in [2.45, 2.75) is 31.2 Å². The minimum Gasteiger partial charge on any atom is -0.304 e. The van der Waals surface area contributed by atoms with Crippen LogP contribution in [0.25, 0.3) is 0 Å². The monoisotopic (exact) mass is 221 g/mol. The Morgan fingerprint density at radius 2 is 2.06 bits per heavy atom. The summed E-state index contributed by atoms with van der Waals surface area (Å²) in [5.74, 6) is -0.196. The normalized spacial score (nSPS) is 25.8. The molecule has 0 aliphatic heterocycles. The Morgan fingerprint density at radius 3 is 2.69 bits per heavy atom. The van der Waals surface area contributed by atoms with Gasteiger partial charge in [0, 0.05) is 12.0 Å². The van der Waals surface area contributed by atoms with Gasteiger partial charge in [0.15, 0.2) is 5.78 Å². The van der Waals surface area contributed by atoms with Gasteiger partial charge in [0.1, 0.15) is 11.4 Å². The van der Waals surface area contributed by atoms with Gasteiger partial charge in [0.25, 0.3) is 0 Å². The summed E-state index contributed by atoms with van der Waals surface area (Å²) in [6.45, 7) is 0. The smallest absolute Gasteiger partial charge is 0.157 e. The van der Waals surface area contributed by atoms with Gasteiger partial charge in [0.2, 0.25) is 0 Å². The highest BCUT2D eigenvalue weighted by Crippen LogP contribution is 2.35. The topological polar surface area (TPSA) is 29.1 Å². The molecule has 16 heavy (non-hydrogen) atoms. The van der Waals surface area contributed by atoms with Crippen LogP contribution < -0.4 is 5.32 Å². The van der Waals surface area contributed by atoms with E-state index < -0.39 is 5.54 Å². The molecular formula is C13H16FNO. The van der Waals surface area contributed by atoms with Crippen molar-refractivity contribution in [3.63, 3.8) is 0 Å². The lowest BCUT2D eigenvalue weighted by Gasteiger charge is -2.36. The van der Waals surface area contributed by atoms with E-state index in [1.54, 1.807) is 25.2 Å². The van der Waals surface area contributed by atoms with Crippen LogP contribution in [0, 0.1) is 5.82 Å². The van der Waals surface area contributed by atoms with E-state index in [-0.39, 0.29) is 11.6 Å². The van der Waals surface area contributed by atoms with E-state index >= 15 is 0 Å². The molecule has 1 aliphatic rings. The van der Waals surface area contributed by atoms with Gasteiger partial charge in [-0.15, -0.1) is 0 Å². The first-order valence-electron chi connectivity index (χ1n) is 5.68. The molecule has 0 bridgehead atoms. The number of hydrogen-bond acceptors (Lipinski definition) is 2. The molecule has 1 aromatic carbocycles. The Morgan fingerprint density at radius 1 is 1.31 bits per heavy atom. The zero-order valence-corrected chi connectivity index (χ0v) is 9.42. The molecule has 86 valence electrons. The Labute approximate surface area is 94.9 Å². The first kappa shape index (κ1) is 11.3. The predicted molar refractivity (Wildman–Crippen MR) is 60.6 cm³/mol. The van der Waals surface area contributed by atoms with E-state index in [0.717, 1.165) is 12.8 Å². The molecular weight excluding hydrogens is 205 g/mol. The third-order valence-corrected chi connectivity index (χ3v) is 3.44. The Hall–Kier alpha value is -1.22. The minimum atomic E-state index is -0.802. The lowest BCUT2D eigenvalue weighted by atomic mass is 9.75. The second kappa shape index (κ2) is 4.34. The predicted octanol–water partition coefficient (Wildman–Crippen LogP) is 2.38. The standard InChI is InChI=1S/C13H16FNO/c1-15-13(9-5-4-8-12(13)16)10-6-2-3-7-11(10)14/h2-3,6-7,15H,4-5,8-9H2,1H3. The zero-order chi connectivity index (χ0) is 11.6. The third kappa shape index (κ3) is 1.65. The molecule has 1 aromatic rings. The van der Waals surface area contributed by atoms with Gasteiger partial charge in [-0.1, -0.05) is 24.6 Å². The molecule has 1 atom stereocenters. The molecule has 0 radical (unpaired) electrons. The molecule has 0 aromatic heterocycles. The average Bonchev–Trinajstić information content (AvgIpc) is 2.31. The second-order valence-electron chi connectivity index (χ2n) is 4.27. The van der Waals surface area contributed by atoms with Crippen molar-refractivity contribution in [3.8, 4) is 0 Å². The first-order chi connectivity index (χ1) is 7.70. The van der Waals surface area contributed by atoms with Crippen LogP contribution in [0.1, 0.15) is 31.2 Å². The van der Waals surface area contributed by atoms with Gasteiger partial charge in [-0.25, -0.2) is 4.39 Å². The van der Waals surface area contributed by atoms with Crippen molar-refractivity contribution < 1.29 is 9.18 Å². The number of hydrogen-bond donors (Lipinski definition) is 1. The number of halogens is 1. The molecule has 1 N–H and O–H groups in total. The minimum absolute atomic E-state index is 0.103. The maximum Gasteiger partial charge on any atom is 0.157 e. The van der Waals surface area contributed by atoms with E-state index in [9.17, 15) is 9.18 Å². The largest absolute Gasteiger partial charge is 0.304 e. The molecule has 3 heteroatoms. The first-order valence-corrected chi connectivity index (χ1v) is 5.68. The van der Waals surface area contributed by atoms with Crippen LogP contribution in [-0.2, 0) is 10.3 Å². The van der Waals surface area contributed by atoms with E-state index in [4.69, 9.17) is 0 Å². The number of ketones is 1. The molecule has 2 nitrogen and oxygen atoms in total. The maximum atomic E-state index is 13.8. The van der Waals surface area contributed by atoms with Gasteiger partial charge in [-0.05, 0) is 26.0 Å². The summed E-state index contributed by atoms with van der Waals surface area (Å²) in [7, 11) is 1.73.